The van der Waals surface area contributed by atoms with E-state index >= 15 is 0 Å². The molecule has 0 aliphatic heterocycles. The summed E-state index contributed by atoms with van der Waals surface area (Å²) in [5, 5.41) is 3.93. The topological polar surface area (TPSA) is 19.6 Å². The van der Waals surface area contributed by atoms with E-state index in [1.807, 2.05) is 97.1 Å². The Kier molecular flexibility index (Phi) is 7.23. The van der Waals surface area contributed by atoms with Gasteiger partial charge in [-0.05, 0) is 129 Å². The first-order valence-corrected chi connectivity index (χ1v) is 20.8. The van der Waals surface area contributed by atoms with E-state index in [0.717, 1.165) is 83.5 Å². The van der Waals surface area contributed by atoms with Crippen molar-refractivity contribution in [1.29, 1.82) is 0 Å². The van der Waals surface area contributed by atoms with Gasteiger partial charge in [-0.3, -0.25) is 0 Å². The fraction of sp³-hybridized carbons (Fsp3) is 0.0169. The Morgan fingerprint density at radius 1 is 0.371 bits per heavy atom. The Morgan fingerprint density at radius 3 is 1.50 bits per heavy atom. The minimum absolute atomic E-state index is 0.175. The van der Waals surface area contributed by atoms with Crippen LogP contribution in [0.25, 0.3) is 43.8 Å². The minimum atomic E-state index is -1.42. The fourth-order valence-electron chi connectivity index (χ4n) is 9.75. The number of fused-ring (bicyclic) bond motifs is 7. The third kappa shape index (κ3) is 5.59. The molecule has 0 bridgehead atoms. The molecule has 0 amide bonds. The zero-order valence-corrected chi connectivity index (χ0v) is 33.5. The number of rotatable bonds is 8. The summed E-state index contributed by atoms with van der Waals surface area (Å²) in [6.07, 6.45) is 0. The molecule has 0 radical (unpaired) electrons. The SMILES string of the molecule is [2H]c1c([2H])c([2H])c(C2(c3cccc4oc5ccccc5c34)c3ccc(N(c4ccccc4)c4ccccc4)cc3-c3cc(N(c4ccccc4)c4ccc5ccccc5c4)ccc32)c([2H])c1[2H]. The van der Waals surface area contributed by atoms with Crippen LogP contribution in [0.15, 0.2) is 247 Å². The van der Waals surface area contributed by atoms with Crippen LogP contribution in [0.1, 0.15) is 29.1 Å². The number of para-hydroxylation sites is 4. The molecule has 1 aliphatic rings. The minimum Gasteiger partial charge on any atom is -0.456 e. The second kappa shape index (κ2) is 14.5. The Balaban J connectivity index is 1.23. The van der Waals surface area contributed by atoms with E-state index in [9.17, 15) is 5.48 Å². The molecular weight excluding hydrogens is 753 g/mol. The van der Waals surface area contributed by atoms with Crippen LogP contribution in [-0.2, 0) is 5.41 Å². The molecule has 292 valence electrons. The Morgan fingerprint density at radius 2 is 0.871 bits per heavy atom. The van der Waals surface area contributed by atoms with Gasteiger partial charge in [-0.25, -0.2) is 0 Å². The van der Waals surface area contributed by atoms with E-state index in [4.69, 9.17) is 5.79 Å². The molecular formula is C59H40N2O. The van der Waals surface area contributed by atoms with E-state index in [1.54, 1.807) is 0 Å². The third-order valence-corrected chi connectivity index (χ3v) is 12.3. The maximum Gasteiger partial charge on any atom is 0.135 e. The second-order valence-corrected chi connectivity index (χ2v) is 15.7. The highest BCUT2D eigenvalue weighted by atomic mass is 16.3. The predicted molar refractivity (Wildman–Crippen MR) is 258 cm³/mol. The zero-order valence-electron chi connectivity index (χ0n) is 38.5. The molecule has 1 heterocycles. The first kappa shape index (κ1) is 30.8. The molecule has 12 rings (SSSR count). The lowest BCUT2D eigenvalue weighted by Crippen LogP contribution is -2.29. The maximum atomic E-state index is 9.82. The number of hydrogen-bond acceptors (Lipinski definition) is 3. The Bertz CT molecular complexity index is 3660. The molecule has 0 saturated heterocycles. The van der Waals surface area contributed by atoms with Crippen molar-refractivity contribution in [3.63, 3.8) is 0 Å². The summed E-state index contributed by atoms with van der Waals surface area (Å²) in [5.41, 5.74) is 9.83. The smallest absolute Gasteiger partial charge is 0.135 e. The molecule has 1 unspecified atom stereocenters. The van der Waals surface area contributed by atoms with Gasteiger partial charge in [-0.15, -0.1) is 0 Å². The lowest BCUT2D eigenvalue weighted by Gasteiger charge is -2.35. The summed E-state index contributed by atoms with van der Waals surface area (Å²) in [5.74, 6) is 0. The lowest BCUT2D eigenvalue weighted by molar-refractivity contribution is 0.667. The molecule has 0 fully saturated rings. The first-order valence-electron chi connectivity index (χ1n) is 23.3. The van der Waals surface area contributed by atoms with Crippen LogP contribution < -0.4 is 9.80 Å². The van der Waals surface area contributed by atoms with Crippen LogP contribution in [0.3, 0.4) is 0 Å². The van der Waals surface area contributed by atoms with Crippen molar-refractivity contribution in [2.75, 3.05) is 9.80 Å². The van der Waals surface area contributed by atoms with Crippen molar-refractivity contribution < 1.29 is 11.3 Å². The van der Waals surface area contributed by atoms with Crippen LogP contribution >= 0.6 is 0 Å². The summed E-state index contributed by atoms with van der Waals surface area (Å²) in [4.78, 5) is 4.48. The molecule has 1 aliphatic carbocycles. The highest BCUT2D eigenvalue weighted by Crippen LogP contribution is 2.60. The number of nitrogens with zero attached hydrogens (tertiary/aromatic N) is 2. The van der Waals surface area contributed by atoms with E-state index in [0.29, 0.717) is 11.2 Å². The van der Waals surface area contributed by atoms with Crippen LogP contribution in [0, 0.1) is 0 Å². The van der Waals surface area contributed by atoms with Crippen molar-refractivity contribution in [1.82, 2.24) is 0 Å². The van der Waals surface area contributed by atoms with Gasteiger partial charge in [0.25, 0.3) is 0 Å². The summed E-state index contributed by atoms with van der Waals surface area (Å²) < 4.78 is 53.3. The lowest BCUT2D eigenvalue weighted by atomic mass is 9.66. The van der Waals surface area contributed by atoms with E-state index < -0.39 is 23.5 Å². The summed E-state index contributed by atoms with van der Waals surface area (Å²) in [7, 11) is 0. The van der Waals surface area contributed by atoms with Crippen molar-refractivity contribution in [2.45, 2.75) is 5.41 Å². The van der Waals surface area contributed by atoms with Gasteiger partial charge >= 0.3 is 0 Å². The highest BCUT2D eigenvalue weighted by molar-refractivity contribution is 6.09. The number of hydrogen-bond donors (Lipinski definition) is 0. The number of benzene rings is 10. The monoisotopic (exact) mass is 797 g/mol. The quantitative estimate of drug-likeness (QED) is 0.153. The largest absolute Gasteiger partial charge is 0.456 e. The Labute approximate surface area is 368 Å². The van der Waals surface area contributed by atoms with Crippen molar-refractivity contribution >= 4 is 66.8 Å². The van der Waals surface area contributed by atoms with Crippen LogP contribution in [0.5, 0.6) is 0 Å². The first-order chi connectivity index (χ1) is 32.8. The van der Waals surface area contributed by atoms with Gasteiger partial charge in [0.05, 0.1) is 12.3 Å². The number of furan rings is 1. The summed E-state index contributed by atoms with van der Waals surface area (Å²) >= 11 is 0. The molecule has 3 nitrogen and oxygen atoms in total. The molecule has 10 aromatic carbocycles. The number of anilines is 6. The van der Waals surface area contributed by atoms with Gasteiger partial charge < -0.3 is 14.2 Å². The third-order valence-electron chi connectivity index (χ3n) is 12.3. The van der Waals surface area contributed by atoms with E-state index in [1.165, 1.54) is 0 Å². The predicted octanol–water partition coefficient (Wildman–Crippen LogP) is 16.0. The standard InChI is InChI=1S/C59H40N2O/c1-5-20-43(21-6-1)59(55-29-17-31-57-58(55)50-28-15-16-30-56(50)62-57)53-36-34-48(60(44-22-7-2-8-23-44)45-24-9-3-10-25-45)39-51(53)52-40-49(35-37-54(52)59)61(46-26-11-4-12-27-46)47-33-32-41-18-13-14-19-42(41)38-47/h1-40H/i1D,5D,6D,20D,21D. The zero-order chi connectivity index (χ0) is 45.4. The van der Waals surface area contributed by atoms with Gasteiger partial charge in [0, 0.05) is 44.9 Å². The molecule has 11 aromatic rings. The maximum absolute atomic E-state index is 9.82. The van der Waals surface area contributed by atoms with Crippen LogP contribution in [0.4, 0.5) is 34.1 Å². The molecule has 0 spiro atoms. The van der Waals surface area contributed by atoms with E-state index in [-0.39, 0.29) is 17.6 Å². The van der Waals surface area contributed by atoms with Crippen LogP contribution in [0.2, 0.25) is 0 Å². The summed E-state index contributed by atoms with van der Waals surface area (Å²) in [6, 6.07) is 70.6. The van der Waals surface area contributed by atoms with E-state index in [2.05, 4.69) is 125 Å². The molecule has 0 saturated carbocycles. The molecule has 1 aromatic heterocycles. The van der Waals surface area contributed by atoms with Gasteiger partial charge in [0.15, 0.2) is 0 Å². The van der Waals surface area contributed by atoms with Gasteiger partial charge in [-0.2, -0.15) is 0 Å². The van der Waals surface area contributed by atoms with Gasteiger partial charge in [0.2, 0.25) is 0 Å². The molecule has 62 heavy (non-hydrogen) atoms. The van der Waals surface area contributed by atoms with Crippen molar-refractivity contribution in [3.8, 4) is 11.1 Å². The average molecular weight is 798 g/mol. The molecule has 1 atom stereocenters. The van der Waals surface area contributed by atoms with Crippen molar-refractivity contribution in [3.05, 3.63) is 265 Å². The van der Waals surface area contributed by atoms with Crippen LogP contribution in [-0.4, -0.2) is 0 Å². The van der Waals surface area contributed by atoms with Crippen molar-refractivity contribution in [2.24, 2.45) is 0 Å². The Hall–Kier alpha value is -8.14. The fourth-order valence-corrected chi connectivity index (χ4v) is 9.75. The molecule has 0 N–H and O–H groups in total. The average Bonchev–Trinajstić information content (AvgIpc) is 3.90. The van der Waals surface area contributed by atoms with Gasteiger partial charge in [-0.1, -0.05) is 158 Å². The summed E-state index contributed by atoms with van der Waals surface area (Å²) in [6.45, 7) is 0. The normalized spacial score (nSPS) is 15.3. The molecule has 3 heteroatoms. The second-order valence-electron chi connectivity index (χ2n) is 15.7. The van der Waals surface area contributed by atoms with Gasteiger partial charge in [0.1, 0.15) is 11.2 Å². The highest BCUT2D eigenvalue weighted by Gasteiger charge is 2.48.